The molecule has 0 radical (unpaired) electrons. The topological polar surface area (TPSA) is 62.1 Å². The number of halogens is 3. The van der Waals surface area contributed by atoms with Crippen molar-refractivity contribution in [1.29, 1.82) is 5.26 Å². The molecule has 0 atom stereocenters. The Bertz CT molecular complexity index is 1490. The number of nitrogens with one attached hydrogen (secondary N) is 1. The lowest BCUT2D eigenvalue weighted by Gasteiger charge is -2.12. The second kappa shape index (κ2) is 11.1. The molecule has 1 N–H and O–H groups in total. The smallest absolute Gasteiger partial charge is 0.266 e. The van der Waals surface area contributed by atoms with Crippen molar-refractivity contribution < 1.29 is 9.53 Å². The maximum absolute atomic E-state index is 12.7. The molecule has 1 amide bonds. The van der Waals surface area contributed by atoms with Gasteiger partial charge in [-0.05, 0) is 103 Å². The number of amides is 1. The summed E-state index contributed by atoms with van der Waals surface area (Å²) in [7, 11) is 0. The fourth-order valence-corrected chi connectivity index (χ4v) is 5.14. The van der Waals surface area contributed by atoms with Crippen LogP contribution in [0.5, 0.6) is 5.75 Å². The maximum atomic E-state index is 12.7. The molecule has 0 aliphatic carbocycles. The minimum Gasteiger partial charge on any atom is -0.487 e. The van der Waals surface area contributed by atoms with Gasteiger partial charge in [0, 0.05) is 10.7 Å². The number of carbonyl (C=O) groups excluding carboxylic acids is 1. The lowest BCUT2D eigenvalue weighted by molar-refractivity contribution is -0.112. The zero-order valence-electron chi connectivity index (χ0n) is 18.6. The standard InChI is InChI=1S/C28H19Br2ClN2O2/c1-17-6-9-23(31)14-26(17)33-28(34)22(15-32)11-19-12-24(29)27(25(30)13-19)35-16-18-7-8-20-4-2-3-5-21(20)10-18/h2-14H,16H2,1H3,(H,33,34)/b22-11+. The van der Waals surface area contributed by atoms with E-state index in [4.69, 9.17) is 16.3 Å². The largest absolute Gasteiger partial charge is 0.487 e. The number of carbonyl (C=O) groups is 1. The zero-order chi connectivity index (χ0) is 24.9. The van der Waals surface area contributed by atoms with Gasteiger partial charge in [-0.2, -0.15) is 5.26 Å². The van der Waals surface area contributed by atoms with E-state index in [0.29, 0.717) is 37.6 Å². The third-order valence-corrected chi connectivity index (χ3v) is 6.75. The number of rotatable bonds is 6. The highest BCUT2D eigenvalue weighted by atomic mass is 79.9. The van der Waals surface area contributed by atoms with Crippen molar-refractivity contribution in [1.82, 2.24) is 0 Å². The minimum absolute atomic E-state index is 0.0343. The fraction of sp³-hybridized carbons (Fsp3) is 0.0714. The van der Waals surface area contributed by atoms with Crippen LogP contribution in [0.25, 0.3) is 16.8 Å². The quantitative estimate of drug-likeness (QED) is 0.176. The summed E-state index contributed by atoms with van der Waals surface area (Å²) in [5.74, 6) is 0.120. The van der Waals surface area contributed by atoms with Crippen molar-refractivity contribution in [3.63, 3.8) is 0 Å². The number of nitriles is 1. The van der Waals surface area contributed by atoms with Gasteiger partial charge in [-0.15, -0.1) is 0 Å². The normalized spacial score (nSPS) is 11.2. The Morgan fingerprint density at radius 3 is 2.46 bits per heavy atom. The molecule has 0 aliphatic heterocycles. The molecule has 4 nitrogen and oxygen atoms in total. The van der Waals surface area contributed by atoms with Crippen LogP contribution in [-0.4, -0.2) is 5.91 Å². The molecule has 0 bridgehead atoms. The van der Waals surface area contributed by atoms with Gasteiger partial charge in [0.2, 0.25) is 0 Å². The molecule has 4 rings (SSSR count). The van der Waals surface area contributed by atoms with Gasteiger partial charge in [0.1, 0.15) is 24.0 Å². The van der Waals surface area contributed by atoms with Gasteiger partial charge >= 0.3 is 0 Å². The Morgan fingerprint density at radius 2 is 1.74 bits per heavy atom. The number of benzene rings is 4. The third-order valence-electron chi connectivity index (χ3n) is 5.34. The number of nitrogens with zero attached hydrogens (tertiary/aromatic N) is 1. The second-order valence-corrected chi connectivity index (χ2v) is 10.0. The van der Waals surface area contributed by atoms with E-state index in [0.717, 1.165) is 16.5 Å². The molecule has 0 fully saturated rings. The minimum atomic E-state index is -0.512. The fourth-order valence-electron chi connectivity index (χ4n) is 3.52. The van der Waals surface area contributed by atoms with Gasteiger partial charge in [-0.1, -0.05) is 54.1 Å². The van der Waals surface area contributed by atoms with Crippen molar-refractivity contribution in [2.75, 3.05) is 5.32 Å². The lowest BCUT2D eigenvalue weighted by atomic mass is 10.1. The summed E-state index contributed by atoms with van der Waals surface area (Å²) in [5.41, 5.74) is 3.08. The first-order valence-electron chi connectivity index (χ1n) is 10.6. The number of ether oxygens (including phenoxy) is 1. The monoisotopic (exact) mass is 608 g/mol. The Hall–Kier alpha value is -3.11. The molecule has 4 aromatic rings. The van der Waals surface area contributed by atoms with Gasteiger partial charge in [-0.25, -0.2) is 0 Å². The highest BCUT2D eigenvalue weighted by Crippen LogP contribution is 2.36. The molecule has 35 heavy (non-hydrogen) atoms. The number of anilines is 1. The number of aryl methyl sites for hydroxylation is 1. The van der Waals surface area contributed by atoms with Crippen LogP contribution in [0.2, 0.25) is 5.02 Å². The number of fused-ring (bicyclic) bond motifs is 1. The van der Waals surface area contributed by atoms with Crippen molar-refractivity contribution in [2.24, 2.45) is 0 Å². The predicted octanol–water partition coefficient (Wildman–Crippen LogP) is 8.45. The first kappa shape index (κ1) is 25.0. The molecule has 4 aromatic carbocycles. The summed E-state index contributed by atoms with van der Waals surface area (Å²) in [4.78, 5) is 12.7. The average Bonchev–Trinajstić information content (AvgIpc) is 2.84. The highest BCUT2D eigenvalue weighted by molar-refractivity contribution is 9.11. The summed E-state index contributed by atoms with van der Waals surface area (Å²) in [6, 6.07) is 25.2. The molecule has 0 spiro atoms. The SMILES string of the molecule is Cc1ccc(Cl)cc1NC(=O)/C(C#N)=C/c1cc(Br)c(OCc2ccc3ccccc3c2)c(Br)c1. The molecule has 0 aliphatic rings. The van der Waals surface area contributed by atoms with Crippen LogP contribution >= 0.6 is 43.5 Å². The Labute approximate surface area is 225 Å². The Balaban J connectivity index is 1.51. The van der Waals surface area contributed by atoms with E-state index in [1.165, 1.54) is 11.5 Å². The summed E-state index contributed by atoms with van der Waals surface area (Å²) < 4.78 is 7.46. The first-order valence-corrected chi connectivity index (χ1v) is 12.6. The van der Waals surface area contributed by atoms with Gasteiger partial charge in [0.25, 0.3) is 5.91 Å². The maximum Gasteiger partial charge on any atom is 0.266 e. The van der Waals surface area contributed by atoms with Crippen LogP contribution in [0.15, 0.2) is 87.3 Å². The van der Waals surface area contributed by atoms with Crippen LogP contribution in [0.1, 0.15) is 16.7 Å². The van der Waals surface area contributed by atoms with Crippen LogP contribution in [0.4, 0.5) is 5.69 Å². The Kier molecular flexibility index (Phi) is 7.92. The molecular weight excluding hydrogens is 592 g/mol. The van der Waals surface area contributed by atoms with Crippen molar-refractivity contribution >= 4 is 71.9 Å². The molecular formula is C28H19Br2ClN2O2. The molecule has 0 aromatic heterocycles. The van der Waals surface area contributed by atoms with Crippen LogP contribution in [-0.2, 0) is 11.4 Å². The van der Waals surface area contributed by atoms with Gasteiger partial charge in [0.05, 0.1) is 8.95 Å². The van der Waals surface area contributed by atoms with E-state index in [1.54, 1.807) is 30.3 Å². The summed E-state index contributed by atoms with van der Waals surface area (Å²) in [6.45, 7) is 2.24. The summed E-state index contributed by atoms with van der Waals surface area (Å²) in [5, 5.41) is 15.2. The van der Waals surface area contributed by atoms with Crippen LogP contribution in [0, 0.1) is 18.3 Å². The van der Waals surface area contributed by atoms with E-state index in [9.17, 15) is 10.1 Å². The van der Waals surface area contributed by atoms with E-state index in [1.807, 2.05) is 31.2 Å². The van der Waals surface area contributed by atoms with Gasteiger partial charge in [0.15, 0.2) is 0 Å². The van der Waals surface area contributed by atoms with Crippen molar-refractivity contribution in [3.05, 3.63) is 109 Å². The second-order valence-electron chi connectivity index (χ2n) is 7.87. The van der Waals surface area contributed by atoms with Gasteiger partial charge in [-0.3, -0.25) is 4.79 Å². The third kappa shape index (κ3) is 6.12. The molecule has 0 saturated carbocycles. The molecule has 174 valence electrons. The summed E-state index contributed by atoms with van der Waals surface area (Å²) >= 11 is 13.1. The highest BCUT2D eigenvalue weighted by Gasteiger charge is 2.14. The Morgan fingerprint density at radius 1 is 1.03 bits per heavy atom. The number of hydrogen-bond donors (Lipinski definition) is 1. The van der Waals surface area contributed by atoms with Crippen molar-refractivity contribution in [3.8, 4) is 11.8 Å². The molecule has 0 unspecified atom stereocenters. The van der Waals surface area contributed by atoms with E-state index < -0.39 is 5.91 Å². The van der Waals surface area contributed by atoms with Crippen molar-refractivity contribution in [2.45, 2.75) is 13.5 Å². The lowest BCUT2D eigenvalue weighted by Crippen LogP contribution is -2.14. The van der Waals surface area contributed by atoms with E-state index >= 15 is 0 Å². The van der Waals surface area contributed by atoms with Gasteiger partial charge < -0.3 is 10.1 Å². The van der Waals surface area contributed by atoms with Crippen LogP contribution < -0.4 is 10.1 Å². The average molecular weight is 611 g/mol. The zero-order valence-corrected chi connectivity index (χ0v) is 22.5. The molecule has 0 saturated heterocycles. The van der Waals surface area contributed by atoms with E-state index in [-0.39, 0.29) is 5.57 Å². The van der Waals surface area contributed by atoms with Crippen LogP contribution in [0.3, 0.4) is 0 Å². The van der Waals surface area contributed by atoms with E-state index in [2.05, 4.69) is 61.4 Å². The molecule has 7 heteroatoms. The predicted molar refractivity (Wildman–Crippen MR) is 149 cm³/mol. The summed E-state index contributed by atoms with van der Waals surface area (Å²) in [6.07, 6.45) is 1.53. The first-order chi connectivity index (χ1) is 16.8. The number of hydrogen-bond acceptors (Lipinski definition) is 3. The molecule has 0 heterocycles.